The summed E-state index contributed by atoms with van der Waals surface area (Å²) in [4.78, 5) is 22.3. The van der Waals surface area contributed by atoms with Crippen LogP contribution in [0.1, 0.15) is 49.4 Å². The minimum Gasteiger partial charge on any atom is -0.302 e. The van der Waals surface area contributed by atoms with Crippen LogP contribution in [0.25, 0.3) is 10.2 Å². The van der Waals surface area contributed by atoms with Crippen LogP contribution >= 0.6 is 11.3 Å². The number of rotatable bonds is 9. The third-order valence-electron chi connectivity index (χ3n) is 5.36. The Morgan fingerprint density at radius 3 is 2.48 bits per heavy atom. The number of carbonyl (C=O) groups excluding carboxylic acids is 1. The van der Waals surface area contributed by atoms with E-state index in [9.17, 15) is 4.79 Å². The molecule has 3 rings (SSSR count). The van der Waals surface area contributed by atoms with Gasteiger partial charge in [0.1, 0.15) is 0 Å². The van der Waals surface area contributed by atoms with E-state index in [0.717, 1.165) is 53.6 Å². The SMILES string of the molecule is CCc1ccc2nc(N(CCN(CC)CC)C(=O)c3cc(C)n(CC)n3)sc2c1. The molecule has 29 heavy (non-hydrogen) atoms. The molecule has 6 nitrogen and oxygen atoms in total. The van der Waals surface area contributed by atoms with Gasteiger partial charge in [-0.05, 0) is 57.1 Å². The summed E-state index contributed by atoms with van der Waals surface area (Å²) < 4.78 is 2.98. The number of aromatic nitrogens is 3. The molecule has 3 aromatic rings. The molecule has 0 aliphatic rings. The molecule has 0 N–H and O–H groups in total. The monoisotopic (exact) mass is 413 g/mol. The van der Waals surface area contributed by atoms with Gasteiger partial charge in [0.25, 0.3) is 5.91 Å². The van der Waals surface area contributed by atoms with Gasteiger partial charge < -0.3 is 4.90 Å². The lowest BCUT2D eigenvalue weighted by molar-refractivity contribution is 0.0978. The molecule has 0 atom stereocenters. The van der Waals surface area contributed by atoms with Gasteiger partial charge in [0, 0.05) is 25.3 Å². The summed E-state index contributed by atoms with van der Waals surface area (Å²) in [6, 6.07) is 8.22. The Morgan fingerprint density at radius 2 is 1.86 bits per heavy atom. The maximum Gasteiger partial charge on any atom is 0.280 e. The minimum atomic E-state index is -0.0813. The Balaban J connectivity index is 1.96. The Labute approximate surface area is 177 Å². The molecule has 0 saturated heterocycles. The van der Waals surface area contributed by atoms with E-state index in [1.165, 1.54) is 5.56 Å². The molecule has 156 valence electrons. The first-order chi connectivity index (χ1) is 14.0. The summed E-state index contributed by atoms with van der Waals surface area (Å²) in [7, 11) is 0. The quantitative estimate of drug-likeness (QED) is 0.523. The molecule has 0 bridgehead atoms. The van der Waals surface area contributed by atoms with Gasteiger partial charge in [0.15, 0.2) is 10.8 Å². The van der Waals surface area contributed by atoms with Crippen molar-refractivity contribution in [3.8, 4) is 0 Å². The van der Waals surface area contributed by atoms with Crippen molar-refractivity contribution in [1.82, 2.24) is 19.7 Å². The second-order valence-electron chi connectivity index (χ2n) is 7.12. The molecular formula is C22H31N5OS. The highest BCUT2D eigenvalue weighted by molar-refractivity contribution is 7.22. The highest BCUT2D eigenvalue weighted by atomic mass is 32.1. The van der Waals surface area contributed by atoms with Crippen molar-refractivity contribution in [2.45, 2.75) is 47.6 Å². The summed E-state index contributed by atoms with van der Waals surface area (Å²) in [5.74, 6) is -0.0813. The second kappa shape index (κ2) is 9.50. The van der Waals surface area contributed by atoms with Crippen LogP contribution in [0.3, 0.4) is 0 Å². The topological polar surface area (TPSA) is 54.3 Å². The molecule has 0 spiro atoms. The van der Waals surface area contributed by atoms with Gasteiger partial charge in [-0.25, -0.2) is 4.98 Å². The lowest BCUT2D eigenvalue weighted by Crippen LogP contribution is -2.39. The highest BCUT2D eigenvalue weighted by Crippen LogP contribution is 2.30. The molecule has 0 radical (unpaired) electrons. The molecule has 0 saturated carbocycles. The van der Waals surface area contributed by atoms with E-state index < -0.39 is 0 Å². The van der Waals surface area contributed by atoms with Crippen molar-refractivity contribution in [2.75, 3.05) is 31.1 Å². The van der Waals surface area contributed by atoms with Crippen LogP contribution in [0.15, 0.2) is 24.3 Å². The number of fused-ring (bicyclic) bond motifs is 1. The van der Waals surface area contributed by atoms with Crippen LogP contribution < -0.4 is 4.90 Å². The maximum absolute atomic E-state index is 13.4. The van der Waals surface area contributed by atoms with Gasteiger partial charge in [0.2, 0.25) is 0 Å². The van der Waals surface area contributed by atoms with Gasteiger partial charge >= 0.3 is 0 Å². The average molecular weight is 414 g/mol. The maximum atomic E-state index is 13.4. The number of hydrogen-bond donors (Lipinski definition) is 0. The predicted octanol–water partition coefficient (Wildman–Crippen LogP) is 4.37. The van der Waals surface area contributed by atoms with Crippen molar-refractivity contribution in [3.63, 3.8) is 0 Å². The van der Waals surface area contributed by atoms with E-state index in [1.807, 2.05) is 24.6 Å². The van der Waals surface area contributed by atoms with Gasteiger partial charge in [-0.1, -0.05) is 38.2 Å². The van der Waals surface area contributed by atoms with Crippen LogP contribution in [0.2, 0.25) is 0 Å². The van der Waals surface area contributed by atoms with Crippen LogP contribution in [0.5, 0.6) is 0 Å². The van der Waals surface area contributed by atoms with Crippen LogP contribution in [0.4, 0.5) is 5.13 Å². The van der Waals surface area contributed by atoms with E-state index in [1.54, 1.807) is 16.2 Å². The molecule has 0 aliphatic carbocycles. The molecule has 0 unspecified atom stereocenters. The van der Waals surface area contributed by atoms with Crippen LogP contribution in [-0.2, 0) is 13.0 Å². The highest BCUT2D eigenvalue weighted by Gasteiger charge is 2.24. The van der Waals surface area contributed by atoms with E-state index in [2.05, 4.69) is 49.0 Å². The zero-order valence-corrected chi connectivity index (χ0v) is 18.9. The first-order valence-corrected chi connectivity index (χ1v) is 11.3. The van der Waals surface area contributed by atoms with Gasteiger partial charge in [-0.2, -0.15) is 5.10 Å². The first kappa shape index (κ1) is 21.5. The Kier molecular flexibility index (Phi) is 7.03. The minimum absolute atomic E-state index is 0.0813. The normalized spacial score (nSPS) is 11.5. The summed E-state index contributed by atoms with van der Waals surface area (Å²) >= 11 is 1.58. The number of carbonyl (C=O) groups is 1. The Hall–Kier alpha value is -2.25. The third kappa shape index (κ3) is 4.67. The van der Waals surface area contributed by atoms with Crippen LogP contribution in [0, 0.1) is 6.92 Å². The molecule has 0 fully saturated rings. The Bertz CT molecular complexity index is 973. The smallest absolute Gasteiger partial charge is 0.280 e. The number of aryl methyl sites for hydroxylation is 3. The van der Waals surface area contributed by atoms with Crippen LogP contribution in [-0.4, -0.2) is 51.8 Å². The molecule has 0 aliphatic heterocycles. The van der Waals surface area contributed by atoms with E-state index in [-0.39, 0.29) is 5.91 Å². The summed E-state index contributed by atoms with van der Waals surface area (Å²) in [6.45, 7) is 14.5. The fourth-order valence-corrected chi connectivity index (χ4v) is 4.48. The summed E-state index contributed by atoms with van der Waals surface area (Å²) in [5.41, 5.74) is 3.71. The zero-order chi connectivity index (χ0) is 21.0. The number of nitrogens with zero attached hydrogens (tertiary/aromatic N) is 5. The molecular weight excluding hydrogens is 382 g/mol. The van der Waals surface area contributed by atoms with Gasteiger partial charge in [-0.3, -0.25) is 14.4 Å². The predicted molar refractivity (Wildman–Crippen MR) is 121 cm³/mol. The Morgan fingerprint density at radius 1 is 1.10 bits per heavy atom. The van der Waals surface area contributed by atoms with E-state index in [0.29, 0.717) is 12.2 Å². The standard InChI is InChI=1S/C22H31N5OS/c1-6-17-10-11-18-20(15-17)29-22(23-18)26(13-12-25(7-2)8-3)21(28)19-14-16(5)27(9-4)24-19/h10-11,14-15H,6-9,12-13H2,1-5H3. The van der Waals surface area contributed by atoms with E-state index in [4.69, 9.17) is 4.98 Å². The van der Waals surface area contributed by atoms with Gasteiger partial charge in [0.05, 0.1) is 10.2 Å². The molecule has 1 amide bonds. The van der Waals surface area contributed by atoms with E-state index >= 15 is 0 Å². The molecule has 2 heterocycles. The number of amides is 1. The van der Waals surface area contributed by atoms with Crippen molar-refractivity contribution in [1.29, 1.82) is 0 Å². The number of likely N-dealkylation sites (N-methyl/N-ethyl adjacent to an activating group) is 1. The largest absolute Gasteiger partial charge is 0.302 e. The zero-order valence-electron chi connectivity index (χ0n) is 18.1. The first-order valence-electron chi connectivity index (χ1n) is 10.5. The average Bonchev–Trinajstić information content (AvgIpc) is 3.33. The molecule has 1 aromatic carbocycles. The summed E-state index contributed by atoms with van der Waals surface area (Å²) in [5, 5.41) is 5.26. The second-order valence-corrected chi connectivity index (χ2v) is 8.13. The van der Waals surface area contributed by atoms with Gasteiger partial charge in [-0.15, -0.1) is 0 Å². The van der Waals surface area contributed by atoms with Crippen molar-refractivity contribution >= 4 is 32.6 Å². The number of anilines is 1. The fourth-order valence-electron chi connectivity index (χ4n) is 3.43. The fraction of sp³-hybridized carbons (Fsp3) is 0.500. The van der Waals surface area contributed by atoms with Crippen molar-refractivity contribution < 1.29 is 4.79 Å². The number of hydrogen-bond acceptors (Lipinski definition) is 5. The lowest BCUT2D eigenvalue weighted by atomic mass is 10.2. The molecule has 7 heteroatoms. The third-order valence-corrected chi connectivity index (χ3v) is 6.40. The number of thiazole rings is 1. The van der Waals surface area contributed by atoms with Crippen molar-refractivity contribution in [3.05, 3.63) is 41.2 Å². The lowest BCUT2D eigenvalue weighted by Gasteiger charge is -2.24. The van der Waals surface area contributed by atoms with Crippen molar-refractivity contribution in [2.24, 2.45) is 0 Å². The summed E-state index contributed by atoms with van der Waals surface area (Å²) in [6.07, 6.45) is 0.988. The molecule has 2 aromatic heterocycles. The number of benzene rings is 1.